The minimum absolute atomic E-state index is 0.0521. The summed E-state index contributed by atoms with van der Waals surface area (Å²) in [5.74, 6) is 11.9. The van der Waals surface area contributed by atoms with Crippen molar-refractivity contribution in [3.05, 3.63) is 58.7 Å². The average Bonchev–Trinajstić information content (AvgIpc) is 3.20. The minimum atomic E-state index is -1.43. The molecular formula is C32H38O10. The lowest BCUT2D eigenvalue weighted by atomic mass is 9.81. The van der Waals surface area contributed by atoms with Crippen LogP contribution in [0.4, 0.5) is 0 Å². The van der Waals surface area contributed by atoms with Crippen LogP contribution in [0.2, 0.25) is 0 Å². The van der Waals surface area contributed by atoms with Crippen molar-refractivity contribution in [3.63, 3.8) is 0 Å². The molecule has 226 valence electrons. The Morgan fingerprint density at radius 1 is 0.738 bits per heavy atom. The maximum Gasteiger partial charge on any atom is 0.147 e. The molecule has 7 unspecified atom stereocenters. The number of fused-ring (bicyclic) bond motifs is 3. The molecule has 1 aliphatic carbocycles. The summed E-state index contributed by atoms with van der Waals surface area (Å²) in [6.45, 7) is 5.30. The van der Waals surface area contributed by atoms with Crippen LogP contribution in [0.5, 0.6) is 0 Å². The summed E-state index contributed by atoms with van der Waals surface area (Å²) < 4.78 is 10.3. The van der Waals surface area contributed by atoms with E-state index in [2.05, 4.69) is 49.7 Å². The third-order valence-corrected chi connectivity index (χ3v) is 7.98. The lowest BCUT2D eigenvalue weighted by Crippen LogP contribution is -2.58. The highest BCUT2D eigenvalue weighted by Crippen LogP contribution is 2.49. The monoisotopic (exact) mass is 582 g/mol. The Bertz CT molecular complexity index is 1380. The van der Waals surface area contributed by atoms with Gasteiger partial charge in [-0.15, -0.1) is 5.92 Å². The molecule has 3 aliphatic rings. The van der Waals surface area contributed by atoms with E-state index >= 15 is 0 Å². The molecule has 0 amide bonds. The molecule has 2 fully saturated rings. The molecule has 0 radical (unpaired) electrons. The Hall–Kier alpha value is -2.84. The number of ether oxygens (including phenoxy) is 2. The third kappa shape index (κ3) is 6.25. The molecule has 2 aromatic rings. The zero-order valence-electron chi connectivity index (χ0n) is 23.7. The van der Waals surface area contributed by atoms with E-state index in [1.165, 1.54) is 11.1 Å². The van der Waals surface area contributed by atoms with E-state index in [0.717, 1.165) is 22.3 Å². The van der Waals surface area contributed by atoms with Crippen LogP contribution in [0.3, 0.4) is 0 Å². The maximum atomic E-state index is 10.2. The van der Waals surface area contributed by atoms with E-state index in [1.54, 1.807) is 0 Å². The van der Waals surface area contributed by atoms with Crippen molar-refractivity contribution in [1.82, 2.24) is 0 Å². The smallest absolute Gasteiger partial charge is 0.147 e. The highest BCUT2D eigenvalue weighted by atomic mass is 16.5. The first-order valence-electron chi connectivity index (χ1n) is 13.8. The highest BCUT2D eigenvalue weighted by molar-refractivity contribution is 5.82. The normalized spacial score (nSPS) is 32.6. The van der Waals surface area contributed by atoms with Gasteiger partial charge < -0.3 is 50.3 Å². The molecule has 2 aliphatic heterocycles. The van der Waals surface area contributed by atoms with Gasteiger partial charge in [0, 0.05) is 16.5 Å². The van der Waals surface area contributed by atoms with Crippen molar-refractivity contribution in [3.8, 4) is 34.8 Å². The second kappa shape index (κ2) is 13.2. The molecule has 0 spiro atoms. The molecule has 0 bridgehead atoms. The van der Waals surface area contributed by atoms with E-state index in [9.17, 15) is 20.4 Å². The van der Waals surface area contributed by atoms with E-state index in [4.69, 9.17) is 29.9 Å². The fourth-order valence-electron chi connectivity index (χ4n) is 5.44. The third-order valence-electron chi connectivity index (χ3n) is 7.98. The summed E-state index contributed by atoms with van der Waals surface area (Å²) in [6.07, 6.45) is -10.4. The van der Waals surface area contributed by atoms with Crippen LogP contribution >= 0.6 is 0 Å². The Labute approximate surface area is 244 Å². The number of hydrogen-bond acceptors (Lipinski definition) is 10. The van der Waals surface area contributed by atoms with Gasteiger partial charge in [-0.1, -0.05) is 43.7 Å². The number of aliphatic hydroxyl groups excluding tert-OH is 8. The summed E-state index contributed by atoms with van der Waals surface area (Å²) in [6, 6.07) is 12.3. The van der Waals surface area contributed by atoms with Gasteiger partial charge in [0.2, 0.25) is 0 Å². The molecule has 2 saturated heterocycles. The molecule has 2 aromatic carbocycles. The van der Waals surface area contributed by atoms with Crippen LogP contribution in [0.15, 0.2) is 36.4 Å². The van der Waals surface area contributed by atoms with Crippen LogP contribution < -0.4 is 0 Å². The molecule has 10 nitrogen and oxygen atoms in total. The van der Waals surface area contributed by atoms with Crippen LogP contribution in [0.25, 0.3) is 11.1 Å². The average molecular weight is 583 g/mol. The van der Waals surface area contributed by atoms with Gasteiger partial charge in [-0.3, -0.25) is 0 Å². The fraction of sp³-hybridized carbons (Fsp3) is 0.500. The molecule has 0 saturated carbocycles. The Kier molecular flexibility index (Phi) is 10.1. The number of hydrogen-bond donors (Lipinski definition) is 8. The van der Waals surface area contributed by atoms with Crippen molar-refractivity contribution in [2.75, 3.05) is 19.8 Å². The van der Waals surface area contributed by atoms with E-state index in [-0.39, 0.29) is 18.6 Å². The fourth-order valence-corrected chi connectivity index (χ4v) is 5.44. The molecule has 10 heteroatoms. The number of benzene rings is 2. The van der Waals surface area contributed by atoms with Crippen molar-refractivity contribution in [1.29, 1.82) is 0 Å². The lowest BCUT2D eigenvalue weighted by Gasteiger charge is -2.37. The Balaban J connectivity index is 0.000000310. The van der Waals surface area contributed by atoms with Crippen LogP contribution in [0.1, 0.15) is 43.0 Å². The van der Waals surface area contributed by atoms with Gasteiger partial charge in [0.1, 0.15) is 54.9 Å². The first-order valence-corrected chi connectivity index (χ1v) is 13.8. The second-order valence-electron chi connectivity index (χ2n) is 11.1. The van der Waals surface area contributed by atoms with Gasteiger partial charge >= 0.3 is 0 Å². The molecule has 0 aromatic heterocycles. The minimum Gasteiger partial charge on any atom is -0.394 e. The Morgan fingerprint density at radius 2 is 1.29 bits per heavy atom. The van der Waals surface area contributed by atoms with Crippen molar-refractivity contribution < 1.29 is 50.3 Å². The molecule has 9 atom stereocenters. The standard InChI is InChI=1S/C26H26O5.C6H12O5/c1-4-5-15-6-9-17-18-10-7-16(13-20(18)26(2,3)19(17)12-15)8-11-21-23(28)25(30)24(29)22(14-27)31-21;7-1-4-6(10)5(9)3(8)2-11-4/h6-7,9-10,12-13,21-25,27-30H,14H2,1-3H3;3-10H,1-2H2/t21?,22?,23?,24-,25?;3?,4?,5?,6-/m11/s1. The highest BCUT2D eigenvalue weighted by Gasteiger charge is 2.43. The summed E-state index contributed by atoms with van der Waals surface area (Å²) in [7, 11) is 0. The van der Waals surface area contributed by atoms with Gasteiger partial charge in [0.05, 0.1) is 19.8 Å². The summed E-state index contributed by atoms with van der Waals surface area (Å²) in [4.78, 5) is 0. The lowest BCUT2D eigenvalue weighted by molar-refractivity contribution is -0.214. The van der Waals surface area contributed by atoms with Crippen molar-refractivity contribution in [2.24, 2.45) is 0 Å². The van der Waals surface area contributed by atoms with Gasteiger partial charge in [-0.2, -0.15) is 0 Å². The number of rotatable bonds is 2. The Morgan fingerprint density at radius 3 is 1.83 bits per heavy atom. The zero-order chi connectivity index (χ0) is 30.8. The largest absolute Gasteiger partial charge is 0.394 e. The van der Waals surface area contributed by atoms with Crippen molar-refractivity contribution in [2.45, 2.75) is 81.1 Å². The number of aliphatic hydroxyl groups is 8. The first-order chi connectivity index (χ1) is 19.9. The molecular weight excluding hydrogens is 544 g/mol. The summed E-state index contributed by atoms with van der Waals surface area (Å²) in [5, 5.41) is 75.1. The zero-order valence-corrected chi connectivity index (χ0v) is 23.7. The predicted molar refractivity (Wildman–Crippen MR) is 152 cm³/mol. The topological polar surface area (TPSA) is 180 Å². The van der Waals surface area contributed by atoms with Crippen LogP contribution in [0, 0.1) is 23.7 Å². The summed E-state index contributed by atoms with van der Waals surface area (Å²) >= 11 is 0. The first kappa shape index (κ1) is 32.1. The van der Waals surface area contributed by atoms with E-state index in [1.807, 2.05) is 31.2 Å². The van der Waals surface area contributed by atoms with Gasteiger partial charge in [0.25, 0.3) is 0 Å². The molecule has 5 rings (SSSR count). The van der Waals surface area contributed by atoms with Gasteiger partial charge in [-0.25, -0.2) is 0 Å². The molecule has 2 heterocycles. The van der Waals surface area contributed by atoms with Gasteiger partial charge in [0.15, 0.2) is 0 Å². The van der Waals surface area contributed by atoms with Crippen molar-refractivity contribution >= 4 is 0 Å². The van der Waals surface area contributed by atoms with Gasteiger partial charge in [-0.05, 0) is 53.4 Å². The maximum absolute atomic E-state index is 10.2. The molecule has 42 heavy (non-hydrogen) atoms. The SMILES string of the molecule is CC#Cc1ccc2c(c1)C(C)(C)c1cc(C#CC3OC(CO)[C@@H](O)C(O)C3O)ccc1-2.OCC1OCC(O)C(O)[C@@H]1O. The predicted octanol–water partition coefficient (Wildman–Crippen LogP) is -0.982. The van der Waals surface area contributed by atoms with E-state index < -0.39 is 61.5 Å². The van der Waals surface area contributed by atoms with Crippen LogP contribution in [-0.4, -0.2) is 116 Å². The van der Waals surface area contributed by atoms with Crippen LogP contribution in [-0.2, 0) is 14.9 Å². The molecule has 8 N–H and O–H groups in total. The van der Waals surface area contributed by atoms with E-state index in [0.29, 0.717) is 0 Å². The quantitative estimate of drug-likeness (QED) is 0.205. The second-order valence-corrected chi connectivity index (χ2v) is 11.1. The summed E-state index contributed by atoms with van der Waals surface area (Å²) in [5.41, 5.74) is 6.27.